The van der Waals surface area contributed by atoms with E-state index in [1.807, 2.05) is 0 Å². The monoisotopic (exact) mass is 361 g/mol. The first-order valence-corrected chi connectivity index (χ1v) is 9.07. The van der Waals surface area contributed by atoms with E-state index < -0.39 is 10.0 Å². The largest absolute Gasteiger partial charge is 0.392 e. The van der Waals surface area contributed by atoms with Crippen molar-refractivity contribution in [3.05, 3.63) is 28.2 Å². The third kappa shape index (κ3) is 3.24. The molecule has 0 saturated heterocycles. The summed E-state index contributed by atoms with van der Waals surface area (Å²) >= 11 is 3.30. The van der Waals surface area contributed by atoms with Crippen molar-refractivity contribution >= 4 is 26.0 Å². The molecule has 1 fully saturated rings. The summed E-state index contributed by atoms with van der Waals surface area (Å²) in [5, 5.41) is 9.09. The van der Waals surface area contributed by atoms with E-state index in [1.165, 1.54) is 10.7 Å². The second-order valence-corrected chi connectivity index (χ2v) is 8.06. The molecule has 0 aliphatic heterocycles. The molecule has 1 aromatic carbocycles. The number of nitrogens with zero attached hydrogens (tertiary/aromatic N) is 1. The number of aliphatic hydroxyl groups is 1. The Labute approximate surface area is 129 Å². The maximum atomic E-state index is 12.7. The number of halogens is 1. The summed E-state index contributed by atoms with van der Waals surface area (Å²) in [6.07, 6.45) is 5.24. The molecule has 20 heavy (non-hydrogen) atoms. The van der Waals surface area contributed by atoms with Crippen molar-refractivity contribution in [3.63, 3.8) is 0 Å². The van der Waals surface area contributed by atoms with E-state index in [-0.39, 0.29) is 17.5 Å². The Balaban J connectivity index is 2.29. The number of benzene rings is 1. The Morgan fingerprint density at radius 3 is 2.50 bits per heavy atom. The second kappa shape index (κ2) is 6.56. The molecule has 0 atom stereocenters. The maximum Gasteiger partial charge on any atom is 0.244 e. The highest BCUT2D eigenvalue weighted by Gasteiger charge is 2.30. The standard InChI is InChI=1S/C14H20BrNO3S/c1-16(12-5-3-2-4-6-12)20(18,19)14-8-7-11(10-17)9-13(14)15/h7-9,12,17H,2-6,10H2,1H3. The van der Waals surface area contributed by atoms with Gasteiger partial charge in [0.05, 0.1) is 11.5 Å². The van der Waals surface area contributed by atoms with Crippen LogP contribution in [0, 0.1) is 0 Å². The molecule has 0 aromatic heterocycles. The lowest BCUT2D eigenvalue weighted by atomic mass is 9.96. The second-order valence-electron chi connectivity index (χ2n) is 5.24. The number of aliphatic hydroxyl groups excluding tert-OH is 1. The molecule has 0 amide bonds. The van der Waals surface area contributed by atoms with Crippen LogP contribution in [0.5, 0.6) is 0 Å². The van der Waals surface area contributed by atoms with Crippen molar-refractivity contribution in [1.82, 2.24) is 4.31 Å². The van der Waals surface area contributed by atoms with Crippen molar-refractivity contribution in [3.8, 4) is 0 Å². The van der Waals surface area contributed by atoms with Crippen LogP contribution in [0.4, 0.5) is 0 Å². The van der Waals surface area contributed by atoms with Crippen LogP contribution in [0.2, 0.25) is 0 Å². The third-order valence-corrected chi connectivity index (χ3v) is 6.81. The summed E-state index contributed by atoms with van der Waals surface area (Å²) < 4.78 is 27.4. The van der Waals surface area contributed by atoms with Gasteiger partial charge in [0, 0.05) is 17.6 Å². The molecule has 0 bridgehead atoms. The zero-order valence-electron chi connectivity index (χ0n) is 11.5. The van der Waals surface area contributed by atoms with Gasteiger partial charge < -0.3 is 5.11 Å². The quantitative estimate of drug-likeness (QED) is 0.896. The number of hydrogen-bond donors (Lipinski definition) is 1. The molecule has 1 aliphatic carbocycles. The van der Waals surface area contributed by atoms with E-state index in [0.717, 1.165) is 25.7 Å². The summed E-state index contributed by atoms with van der Waals surface area (Å²) in [6, 6.07) is 4.95. The molecule has 0 spiro atoms. The number of rotatable bonds is 4. The lowest BCUT2D eigenvalue weighted by Crippen LogP contribution is -2.38. The van der Waals surface area contributed by atoms with Crippen molar-refractivity contribution in [1.29, 1.82) is 0 Å². The topological polar surface area (TPSA) is 57.6 Å². The molecule has 4 nitrogen and oxygen atoms in total. The minimum Gasteiger partial charge on any atom is -0.392 e. The van der Waals surface area contributed by atoms with E-state index in [9.17, 15) is 8.42 Å². The van der Waals surface area contributed by atoms with Gasteiger partial charge in [-0.2, -0.15) is 4.31 Å². The fourth-order valence-electron chi connectivity index (χ4n) is 2.65. The lowest BCUT2D eigenvalue weighted by molar-refractivity contribution is 0.281. The summed E-state index contributed by atoms with van der Waals surface area (Å²) in [5.41, 5.74) is 0.691. The van der Waals surface area contributed by atoms with Gasteiger partial charge >= 0.3 is 0 Å². The molecule has 0 heterocycles. The predicted octanol–water partition coefficient (Wildman–Crippen LogP) is 2.89. The van der Waals surface area contributed by atoms with E-state index in [2.05, 4.69) is 15.9 Å². The van der Waals surface area contributed by atoms with Gasteiger partial charge in [0.25, 0.3) is 0 Å². The van der Waals surface area contributed by atoms with Crippen molar-refractivity contribution in [2.45, 2.75) is 49.6 Å². The van der Waals surface area contributed by atoms with Crippen LogP contribution in [0.25, 0.3) is 0 Å². The molecule has 112 valence electrons. The van der Waals surface area contributed by atoms with Crippen LogP contribution in [0.15, 0.2) is 27.6 Å². The minimum atomic E-state index is -3.49. The fraction of sp³-hybridized carbons (Fsp3) is 0.571. The highest BCUT2D eigenvalue weighted by molar-refractivity contribution is 9.10. The molecule has 1 N–H and O–H groups in total. The van der Waals surface area contributed by atoms with Crippen molar-refractivity contribution < 1.29 is 13.5 Å². The fourth-order valence-corrected chi connectivity index (χ4v) is 5.15. The van der Waals surface area contributed by atoms with Gasteiger partial charge in [-0.25, -0.2) is 8.42 Å². The maximum absolute atomic E-state index is 12.7. The van der Waals surface area contributed by atoms with E-state index in [1.54, 1.807) is 25.2 Å². The highest BCUT2D eigenvalue weighted by Crippen LogP contribution is 2.30. The Hall–Kier alpha value is -0.430. The van der Waals surface area contributed by atoms with Gasteiger partial charge in [0.15, 0.2) is 0 Å². The van der Waals surface area contributed by atoms with Gasteiger partial charge in [-0.1, -0.05) is 25.3 Å². The van der Waals surface area contributed by atoms with Gasteiger partial charge in [-0.3, -0.25) is 0 Å². The smallest absolute Gasteiger partial charge is 0.244 e. The zero-order valence-corrected chi connectivity index (χ0v) is 14.0. The van der Waals surface area contributed by atoms with Crippen LogP contribution >= 0.6 is 15.9 Å². The third-order valence-electron chi connectivity index (χ3n) is 3.92. The van der Waals surface area contributed by atoms with Crippen LogP contribution in [-0.2, 0) is 16.6 Å². The average Bonchev–Trinajstić information content (AvgIpc) is 2.46. The first-order valence-electron chi connectivity index (χ1n) is 6.84. The Bertz CT molecular complexity index is 568. The van der Waals surface area contributed by atoms with Gasteiger partial charge in [-0.15, -0.1) is 0 Å². The summed E-state index contributed by atoms with van der Waals surface area (Å²) in [4.78, 5) is 0.266. The van der Waals surface area contributed by atoms with Crippen LogP contribution in [0.1, 0.15) is 37.7 Å². The molecule has 0 unspecified atom stereocenters. The first kappa shape index (κ1) is 15.9. The van der Waals surface area contributed by atoms with Gasteiger partial charge in [0.1, 0.15) is 0 Å². The molecule has 6 heteroatoms. The van der Waals surface area contributed by atoms with Crippen molar-refractivity contribution in [2.24, 2.45) is 0 Å². The highest BCUT2D eigenvalue weighted by atomic mass is 79.9. The average molecular weight is 362 g/mol. The van der Waals surface area contributed by atoms with E-state index >= 15 is 0 Å². The van der Waals surface area contributed by atoms with Crippen LogP contribution < -0.4 is 0 Å². The number of sulfonamides is 1. The normalized spacial score (nSPS) is 17.6. The van der Waals surface area contributed by atoms with E-state index in [4.69, 9.17) is 5.11 Å². The zero-order chi connectivity index (χ0) is 14.8. The molecule has 1 aromatic rings. The molecule has 1 aliphatic rings. The predicted molar refractivity (Wildman–Crippen MR) is 81.9 cm³/mol. The summed E-state index contributed by atoms with van der Waals surface area (Å²) in [7, 11) is -1.83. The summed E-state index contributed by atoms with van der Waals surface area (Å²) in [5.74, 6) is 0. The van der Waals surface area contributed by atoms with Gasteiger partial charge in [0.2, 0.25) is 10.0 Å². The SMILES string of the molecule is CN(C1CCCCC1)S(=O)(=O)c1ccc(CO)cc1Br. The molecule has 1 saturated carbocycles. The lowest BCUT2D eigenvalue weighted by Gasteiger charge is -2.30. The van der Waals surface area contributed by atoms with E-state index in [0.29, 0.717) is 10.0 Å². The first-order chi connectivity index (χ1) is 9.46. The molecular weight excluding hydrogens is 342 g/mol. The molecule has 2 rings (SSSR count). The Kier molecular flexibility index (Phi) is 5.23. The van der Waals surface area contributed by atoms with Crippen LogP contribution in [-0.4, -0.2) is 30.9 Å². The summed E-state index contributed by atoms with van der Waals surface area (Å²) in [6.45, 7) is -0.0998. The minimum absolute atomic E-state index is 0.0955. The Morgan fingerprint density at radius 2 is 1.95 bits per heavy atom. The molecule has 0 radical (unpaired) electrons. The molecular formula is C14H20BrNO3S. The van der Waals surface area contributed by atoms with Crippen molar-refractivity contribution in [2.75, 3.05) is 7.05 Å². The van der Waals surface area contributed by atoms with Crippen LogP contribution in [0.3, 0.4) is 0 Å². The number of hydrogen-bond acceptors (Lipinski definition) is 3. The van der Waals surface area contributed by atoms with Gasteiger partial charge in [-0.05, 0) is 46.5 Å². The Morgan fingerprint density at radius 1 is 1.30 bits per heavy atom.